The molecule has 3 aromatic carbocycles. The molecule has 128 valence electrons. The van der Waals surface area contributed by atoms with Gasteiger partial charge in [-0.2, -0.15) is 5.10 Å². The minimum atomic E-state index is -0.750. The minimum absolute atomic E-state index is 0.0878. The molecule has 0 aliphatic heterocycles. The van der Waals surface area contributed by atoms with Crippen molar-refractivity contribution in [2.24, 2.45) is 10.2 Å². The van der Waals surface area contributed by atoms with Gasteiger partial charge in [-0.15, -0.1) is 5.10 Å². The van der Waals surface area contributed by atoms with Gasteiger partial charge in [0.2, 0.25) is 5.78 Å². The number of benzene rings is 3. The van der Waals surface area contributed by atoms with Crippen molar-refractivity contribution in [1.82, 2.24) is 0 Å². The predicted molar refractivity (Wildman–Crippen MR) is 97.7 cm³/mol. The molecule has 3 nitrogen and oxygen atoms in total. The van der Waals surface area contributed by atoms with Crippen molar-refractivity contribution < 1.29 is 13.6 Å². The standard InChI is InChI=1S/C21H14F2N2O/c22-18-12-7-13-19(23)17(18)14-24-25-20(15-8-3-1-4-9-15)21(26)16-10-5-2-6-11-16/h1-14H. The number of carbonyl (C=O) groups excluding carboxylic acids is 1. The summed E-state index contributed by atoms with van der Waals surface area (Å²) in [4.78, 5) is 12.8. The highest BCUT2D eigenvalue weighted by molar-refractivity contribution is 6.51. The van der Waals surface area contributed by atoms with Crippen LogP contribution >= 0.6 is 0 Å². The Morgan fingerprint density at radius 1 is 0.731 bits per heavy atom. The van der Waals surface area contributed by atoms with Crippen LogP contribution in [0.25, 0.3) is 0 Å². The van der Waals surface area contributed by atoms with Gasteiger partial charge >= 0.3 is 0 Å². The topological polar surface area (TPSA) is 41.8 Å². The van der Waals surface area contributed by atoms with Crippen molar-refractivity contribution in [3.8, 4) is 0 Å². The summed E-state index contributed by atoms with van der Waals surface area (Å²) < 4.78 is 27.3. The largest absolute Gasteiger partial charge is 0.287 e. The van der Waals surface area contributed by atoms with Crippen LogP contribution in [0.1, 0.15) is 21.5 Å². The number of halogens is 2. The average Bonchev–Trinajstić information content (AvgIpc) is 2.68. The summed E-state index contributed by atoms with van der Waals surface area (Å²) in [5.74, 6) is -1.83. The summed E-state index contributed by atoms with van der Waals surface area (Å²) in [5, 5.41) is 7.70. The van der Waals surface area contributed by atoms with Gasteiger partial charge in [-0.1, -0.05) is 66.7 Å². The summed E-state index contributed by atoms with van der Waals surface area (Å²) in [6.45, 7) is 0. The summed E-state index contributed by atoms with van der Waals surface area (Å²) in [7, 11) is 0. The third kappa shape index (κ3) is 3.95. The Morgan fingerprint density at radius 3 is 1.85 bits per heavy atom. The van der Waals surface area contributed by atoms with E-state index in [1.165, 1.54) is 6.07 Å². The van der Waals surface area contributed by atoms with E-state index in [2.05, 4.69) is 10.2 Å². The lowest BCUT2D eigenvalue weighted by Crippen LogP contribution is -2.15. The Labute approximate surface area is 149 Å². The molecule has 0 amide bonds. The van der Waals surface area contributed by atoms with Gasteiger partial charge in [0.25, 0.3) is 0 Å². The lowest BCUT2D eigenvalue weighted by molar-refractivity contribution is 0.106. The van der Waals surface area contributed by atoms with Crippen molar-refractivity contribution in [3.63, 3.8) is 0 Å². The number of hydrogen-bond acceptors (Lipinski definition) is 3. The van der Waals surface area contributed by atoms with Crippen molar-refractivity contribution in [2.75, 3.05) is 0 Å². The maximum Gasteiger partial charge on any atom is 0.213 e. The fourth-order valence-corrected chi connectivity index (χ4v) is 2.33. The molecule has 0 saturated carbocycles. The van der Waals surface area contributed by atoms with Gasteiger partial charge in [0.15, 0.2) is 0 Å². The Bertz CT molecular complexity index is 948. The average molecular weight is 348 g/mol. The normalized spacial score (nSPS) is 11.7. The third-order valence-electron chi connectivity index (χ3n) is 3.64. The fourth-order valence-electron chi connectivity index (χ4n) is 2.33. The van der Waals surface area contributed by atoms with Crippen LogP contribution in [-0.4, -0.2) is 17.7 Å². The van der Waals surface area contributed by atoms with E-state index in [-0.39, 0.29) is 17.1 Å². The van der Waals surface area contributed by atoms with Gasteiger partial charge in [-0.25, -0.2) is 8.78 Å². The molecular weight excluding hydrogens is 334 g/mol. The van der Waals surface area contributed by atoms with Crippen molar-refractivity contribution in [1.29, 1.82) is 0 Å². The quantitative estimate of drug-likeness (QED) is 0.375. The fraction of sp³-hybridized carbons (Fsp3) is 0. The predicted octanol–water partition coefficient (Wildman–Crippen LogP) is 4.67. The van der Waals surface area contributed by atoms with Crippen LogP contribution in [0.4, 0.5) is 8.78 Å². The molecule has 0 N–H and O–H groups in total. The molecule has 0 fully saturated rings. The van der Waals surface area contributed by atoms with Crippen LogP contribution in [0.5, 0.6) is 0 Å². The van der Waals surface area contributed by atoms with E-state index < -0.39 is 11.6 Å². The first-order chi connectivity index (χ1) is 12.7. The molecule has 0 aliphatic rings. The van der Waals surface area contributed by atoms with E-state index in [1.807, 2.05) is 6.07 Å². The maximum absolute atomic E-state index is 13.7. The molecule has 0 aliphatic carbocycles. The second-order valence-electron chi connectivity index (χ2n) is 5.39. The molecule has 3 rings (SSSR count). The molecule has 0 heterocycles. The van der Waals surface area contributed by atoms with E-state index in [4.69, 9.17) is 0 Å². The number of ketones is 1. The molecule has 0 bridgehead atoms. The number of hydrogen-bond donors (Lipinski definition) is 0. The first kappa shape index (κ1) is 17.4. The monoisotopic (exact) mass is 348 g/mol. The molecule has 3 aromatic rings. The van der Waals surface area contributed by atoms with E-state index in [9.17, 15) is 13.6 Å². The molecule has 0 saturated heterocycles. The van der Waals surface area contributed by atoms with Gasteiger partial charge in [0.05, 0.1) is 11.8 Å². The number of carbonyl (C=O) groups is 1. The van der Waals surface area contributed by atoms with Crippen LogP contribution in [0, 0.1) is 11.6 Å². The molecule has 26 heavy (non-hydrogen) atoms. The van der Waals surface area contributed by atoms with E-state index >= 15 is 0 Å². The maximum atomic E-state index is 13.7. The molecule has 5 heteroatoms. The number of nitrogens with zero attached hydrogens (tertiary/aromatic N) is 2. The zero-order valence-corrected chi connectivity index (χ0v) is 13.6. The zero-order valence-electron chi connectivity index (χ0n) is 13.6. The first-order valence-corrected chi connectivity index (χ1v) is 7.87. The highest BCUT2D eigenvalue weighted by atomic mass is 19.1. The van der Waals surface area contributed by atoms with Gasteiger partial charge in [-0.3, -0.25) is 4.79 Å². The zero-order chi connectivity index (χ0) is 18.4. The van der Waals surface area contributed by atoms with Crippen LogP contribution in [-0.2, 0) is 0 Å². The van der Waals surface area contributed by atoms with E-state index in [0.29, 0.717) is 11.1 Å². The second kappa shape index (κ2) is 8.07. The third-order valence-corrected chi connectivity index (χ3v) is 3.64. The molecule has 0 aromatic heterocycles. The van der Waals surface area contributed by atoms with Crippen molar-refractivity contribution in [3.05, 3.63) is 107 Å². The Hall–Kier alpha value is -3.47. The smallest absolute Gasteiger partial charge is 0.213 e. The highest BCUT2D eigenvalue weighted by Gasteiger charge is 2.16. The van der Waals surface area contributed by atoms with E-state index in [0.717, 1.165) is 18.3 Å². The molecule has 0 spiro atoms. The lowest BCUT2D eigenvalue weighted by atomic mass is 10.0. The Balaban J connectivity index is 2.00. The molecule has 0 radical (unpaired) electrons. The SMILES string of the molecule is O=C(C(=NN=Cc1c(F)cccc1F)c1ccccc1)c1ccccc1. The molecule has 0 atom stereocenters. The summed E-state index contributed by atoms with van der Waals surface area (Å²) >= 11 is 0. The minimum Gasteiger partial charge on any atom is -0.287 e. The second-order valence-corrected chi connectivity index (χ2v) is 5.39. The summed E-state index contributed by atoms with van der Waals surface area (Å²) in [6.07, 6.45) is 0.964. The molecule has 0 unspecified atom stereocenters. The number of rotatable bonds is 5. The Morgan fingerprint density at radius 2 is 1.27 bits per heavy atom. The lowest BCUT2D eigenvalue weighted by Gasteiger charge is -2.04. The molecular formula is C21H14F2N2O. The van der Waals surface area contributed by atoms with Crippen molar-refractivity contribution in [2.45, 2.75) is 0 Å². The van der Waals surface area contributed by atoms with Crippen LogP contribution in [0.2, 0.25) is 0 Å². The van der Waals surface area contributed by atoms with Gasteiger partial charge in [0.1, 0.15) is 17.3 Å². The summed E-state index contributed by atoms with van der Waals surface area (Å²) in [6, 6.07) is 20.9. The number of Topliss-reactive ketones (excluding diaryl/α,β-unsaturated/α-hetero) is 1. The van der Waals surface area contributed by atoms with Crippen LogP contribution in [0.3, 0.4) is 0 Å². The van der Waals surface area contributed by atoms with Gasteiger partial charge in [-0.05, 0) is 12.1 Å². The van der Waals surface area contributed by atoms with Crippen LogP contribution < -0.4 is 0 Å². The van der Waals surface area contributed by atoms with Gasteiger partial charge in [0, 0.05) is 11.1 Å². The first-order valence-electron chi connectivity index (χ1n) is 7.87. The van der Waals surface area contributed by atoms with E-state index in [1.54, 1.807) is 54.6 Å². The van der Waals surface area contributed by atoms with Crippen molar-refractivity contribution >= 4 is 17.7 Å². The van der Waals surface area contributed by atoms with Gasteiger partial charge < -0.3 is 0 Å². The van der Waals surface area contributed by atoms with Crippen LogP contribution in [0.15, 0.2) is 89.1 Å². The highest BCUT2D eigenvalue weighted by Crippen LogP contribution is 2.11. The summed E-state index contributed by atoms with van der Waals surface area (Å²) in [5.41, 5.74) is 0.788. The Kier molecular flexibility index (Phi) is 5.39.